The zero-order valence-corrected chi connectivity index (χ0v) is 10.7. The third-order valence-corrected chi connectivity index (χ3v) is 2.54. The summed E-state index contributed by atoms with van der Waals surface area (Å²) in [5, 5.41) is 3.38. The highest BCUT2D eigenvalue weighted by Gasteiger charge is 2.05. The molecule has 3 nitrogen and oxygen atoms in total. The van der Waals surface area contributed by atoms with Crippen molar-refractivity contribution in [1.82, 2.24) is 4.98 Å². The van der Waals surface area contributed by atoms with Crippen molar-refractivity contribution in [3.05, 3.63) is 18.3 Å². The summed E-state index contributed by atoms with van der Waals surface area (Å²) in [6.45, 7) is 6.68. The SMILES string of the molecule is COc1ccnc(NC(C)CCC(C)C)c1. The van der Waals surface area contributed by atoms with Gasteiger partial charge in [-0.25, -0.2) is 4.98 Å². The summed E-state index contributed by atoms with van der Waals surface area (Å²) >= 11 is 0. The minimum absolute atomic E-state index is 0.446. The lowest BCUT2D eigenvalue weighted by molar-refractivity contribution is 0.414. The number of anilines is 1. The van der Waals surface area contributed by atoms with Crippen LogP contribution in [0.25, 0.3) is 0 Å². The van der Waals surface area contributed by atoms with Gasteiger partial charge in [0.25, 0.3) is 0 Å². The molecule has 0 aliphatic rings. The Kier molecular flexibility index (Phi) is 5.09. The zero-order chi connectivity index (χ0) is 12.0. The third-order valence-electron chi connectivity index (χ3n) is 2.54. The summed E-state index contributed by atoms with van der Waals surface area (Å²) in [6.07, 6.45) is 4.16. The number of hydrogen-bond donors (Lipinski definition) is 1. The lowest BCUT2D eigenvalue weighted by atomic mass is 10.0. The van der Waals surface area contributed by atoms with Crippen LogP contribution in [0.5, 0.6) is 5.75 Å². The van der Waals surface area contributed by atoms with E-state index >= 15 is 0 Å². The van der Waals surface area contributed by atoms with E-state index in [0.29, 0.717) is 6.04 Å². The molecule has 0 aromatic carbocycles. The molecule has 1 aromatic rings. The fraction of sp³-hybridized carbons (Fsp3) is 0.615. The van der Waals surface area contributed by atoms with Gasteiger partial charge in [-0.3, -0.25) is 0 Å². The van der Waals surface area contributed by atoms with Gasteiger partial charge in [-0.05, 0) is 31.7 Å². The van der Waals surface area contributed by atoms with Crippen molar-refractivity contribution < 1.29 is 4.74 Å². The normalized spacial score (nSPS) is 12.6. The predicted octanol–water partition coefficient (Wildman–Crippen LogP) is 3.33. The van der Waals surface area contributed by atoms with Crippen LogP contribution in [0.1, 0.15) is 33.6 Å². The van der Waals surface area contributed by atoms with Crippen molar-refractivity contribution in [2.45, 2.75) is 39.7 Å². The average molecular weight is 222 g/mol. The van der Waals surface area contributed by atoms with Crippen molar-refractivity contribution in [2.24, 2.45) is 5.92 Å². The molecule has 0 spiro atoms. The van der Waals surface area contributed by atoms with E-state index in [9.17, 15) is 0 Å². The molecule has 0 bridgehead atoms. The van der Waals surface area contributed by atoms with Crippen LogP contribution >= 0.6 is 0 Å². The number of pyridine rings is 1. The first-order chi connectivity index (χ1) is 7.61. The Hall–Kier alpha value is -1.25. The van der Waals surface area contributed by atoms with E-state index < -0.39 is 0 Å². The van der Waals surface area contributed by atoms with E-state index in [1.165, 1.54) is 6.42 Å². The molecule has 0 saturated heterocycles. The molecule has 16 heavy (non-hydrogen) atoms. The molecular formula is C13H22N2O. The van der Waals surface area contributed by atoms with Crippen LogP contribution in [-0.2, 0) is 0 Å². The molecule has 1 heterocycles. The van der Waals surface area contributed by atoms with Crippen LogP contribution in [0, 0.1) is 5.92 Å². The molecule has 1 aromatic heterocycles. The maximum atomic E-state index is 5.15. The maximum Gasteiger partial charge on any atom is 0.129 e. The summed E-state index contributed by atoms with van der Waals surface area (Å²) in [7, 11) is 1.67. The molecule has 3 heteroatoms. The lowest BCUT2D eigenvalue weighted by Crippen LogP contribution is -2.16. The number of nitrogens with one attached hydrogen (secondary N) is 1. The molecule has 1 unspecified atom stereocenters. The highest BCUT2D eigenvalue weighted by molar-refractivity contribution is 5.41. The molecule has 0 radical (unpaired) electrons. The van der Waals surface area contributed by atoms with Gasteiger partial charge in [0, 0.05) is 18.3 Å². The first kappa shape index (κ1) is 12.8. The predicted molar refractivity (Wildman–Crippen MR) is 67.9 cm³/mol. The highest BCUT2D eigenvalue weighted by atomic mass is 16.5. The van der Waals surface area contributed by atoms with Gasteiger partial charge in [-0.2, -0.15) is 0 Å². The van der Waals surface area contributed by atoms with Crippen LogP contribution in [0.2, 0.25) is 0 Å². The Morgan fingerprint density at radius 2 is 2.06 bits per heavy atom. The van der Waals surface area contributed by atoms with Crippen LogP contribution in [0.3, 0.4) is 0 Å². The van der Waals surface area contributed by atoms with Crippen LogP contribution in [0.4, 0.5) is 5.82 Å². The molecular weight excluding hydrogens is 200 g/mol. The van der Waals surface area contributed by atoms with Gasteiger partial charge in [-0.15, -0.1) is 0 Å². The summed E-state index contributed by atoms with van der Waals surface area (Å²) in [6, 6.07) is 4.22. The van der Waals surface area contributed by atoms with Crippen LogP contribution in [0.15, 0.2) is 18.3 Å². The second-order valence-corrected chi connectivity index (χ2v) is 4.60. The summed E-state index contributed by atoms with van der Waals surface area (Å²) in [5.74, 6) is 2.48. The van der Waals surface area contributed by atoms with E-state index in [1.807, 2.05) is 12.1 Å². The van der Waals surface area contributed by atoms with Gasteiger partial charge in [0.1, 0.15) is 11.6 Å². The number of aromatic nitrogens is 1. The van der Waals surface area contributed by atoms with Gasteiger partial charge >= 0.3 is 0 Å². The van der Waals surface area contributed by atoms with Crippen LogP contribution in [-0.4, -0.2) is 18.1 Å². The second kappa shape index (κ2) is 6.36. The summed E-state index contributed by atoms with van der Waals surface area (Å²) in [5.41, 5.74) is 0. The van der Waals surface area contributed by atoms with Crippen LogP contribution < -0.4 is 10.1 Å². The van der Waals surface area contributed by atoms with E-state index in [2.05, 4.69) is 31.1 Å². The molecule has 0 fully saturated rings. The first-order valence-corrected chi connectivity index (χ1v) is 5.88. The van der Waals surface area contributed by atoms with E-state index in [0.717, 1.165) is 23.9 Å². The Balaban J connectivity index is 2.45. The van der Waals surface area contributed by atoms with Crippen molar-refractivity contribution >= 4 is 5.82 Å². The largest absolute Gasteiger partial charge is 0.497 e. The summed E-state index contributed by atoms with van der Waals surface area (Å²) in [4.78, 5) is 4.26. The minimum Gasteiger partial charge on any atom is -0.497 e. The van der Waals surface area contributed by atoms with Crippen molar-refractivity contribution in [3.63, 3.8) is 0 Å². The Labute approximate surface area is 98.2 Å². The van der Waals surface area contributed by atoms with E-state index in [1.54, 1.807) is 13.3 Å². The quantitative estimate of drug-likeness (QED) is 0.801. The molecule has 1 N–H and O–H groups in total. The minimum atomic E-state index is 0.446. The van der Waals surface area contributed by atoms with E-state index in [-0.39, 0.29) is 0 Å². The number of rotatable bonds is 6. The Morgan fingerprint density at radius 1 is 1.31 bits per heavy atom. The van der Waals surface area contributed by atoms with Crippen molar-refractivity contribution in [1.29, 1.82) is 0 Å². The van der Waals surface area contributed by atoms with E-state index in [4.69, 9.17) is 4.74 Å². The van der Waals surface area contributed by atoms with Gasteiger partial charge < -0.3 is 10.1 Å². The fourth-order valence-electron chi connectivity index (χ4n) is 1.53. The molecule has 0 aliphatic carbocycles. The fourth-order valence-corrected chi connectivity index (χ4v) is 1.53. The smallest absolute Gasteiger partial charge is 0.129 e. The van der Waals surface area contributed by atoms with Crippen molar-refractivity contribution in [2.75, 3.05) is 12.4 Å². The van der Waals surface area contributed by atoms with Crippen molar-refractivity contribution in [3.8, 4) is 5.75 Å². The molecule has 1 atom stereocenters. The molecule has 0 saturated carbocycles. The number of hydrogen-bond acceptors (Lipinski definition) is 3. The molecule has 90 valence electrons. The maximum absolute atomic E-state index is 5.15. The average Bonchev–Trinajstić information content (AvgIpc) is 2.26. The summed E-state index contributed by atoms with van der Waals surface area (Å²) < 4.78 is 5.15. The number of ether oxygens (including phenoxy) is 1. The topological polar surface area (TPSA) is 34.1 Å². The second-order valence-electron chi connectivity index (χ2n) is 4.60. The molecule has 0 aliphatic heterocycles. The van der Waals surface area contributed by atoms with Gasteiger partial charge in [0.15, 0.2) is 0 Å². The van der Waals surface area contributed by atoms with Gasteiger partial charge in [0.2, 0.25) is 0 Å². The monoisotopic (exact) mass is 222 g/mol. The molecule has 0 amide bonds. The third kappa shape index (κ3) is 4.51. The zero-order valence-electron chi connectivity index (χ0n) is 10.7. The lowest BCUT2D eigenvalue weighted by Gasteiger charge is -2.15. The molecule has 1 rings (SSSR count). The Bertz CT molecular complexity index is 313. The van der Waals surface area contributed by atoms with Gasteiger partial charge in [-0.1, -0.05) is 13.8 Å². The van der Waals surface area contributed by atoms with Gasteiger partial charge in [0.05, 0.1) is 7.11 Å². The number of methoxy groups -OCH3 is 1. The highest BCUT2D eigenvalue weighted by Crippen LogP contribution is 2.16. The standard InChI is InChI=1S/C13H22N2O/c1-10(2)5-6-11(3)15-13-9-12(16-4)7-8-14-13/h7-11H,5-6H2,1-4H3,(H,14,15). The Morgan fingerprint density at radius 3 is 2.69 bits per heavy atom. The first-order valence-electron chi connectivity index (χ1n) is 5.88. The number of nitrogens with zero attached hydrogens (tertiary/aromatic N) is 1.